The molecule has 2 heterocycles. The van der Waals surface area contributed by atoms with E-state index in [1.807, 2.05) is 37.3 Å². The predicted octanol–water partition coefficient (Wildman–Crippen LogP) is 2.34. The third kappa shape index (κ3) is 2.88. The van der Waals surface area contributed by atoms with Crippen molar-refractivity contribution in [3.8, 4) is 22.6 Å². The first-order chi connectivity index (χ1) is 13.1. The summed E-state index contributed by atoms with van der Waals surface area (Å²) in [6.45, 7) is 2.14. The van der Waals surface area contributed by atoms with Crippen LogP contribution in [0.25, 0.3) is 33.5 Å². The highest BCUT2D eigenvalue weighted by molar-refractivity contribution is 5.88. The van der Waals surface area contributed by atoms with Gasteiger partial charge in [-0.05, 0) is 24.6 Å². The molecule has 0 aliphatic heterocycles. The summed E-state index contributed by atoms with van der Waals surface area (Å²) in [5, 5.41) is 14.4. The Morgan fingerprint density at radius 3 is 2.67 bits per heavy atom. The number of aromatic nitrogens is 4. The summed E-state index contributed by atoms with van der Waals surface area (Å²) in [7, 11) is 0. The van der Waals surface area contributed by atoms with Gasteiger partial charge in [0, 0.05) is 5.56 Å². The van der Waals surface area contributed by atoms with Crippen molar-refractivity contribution in [2.75, 3.05) is 12.3 Å². The molecule has 4 rings (SSSR count). The maximum Gasteiger partial charge on any atom is 0.259 e. The van der Waals surface area contributed by atoms with E-state index in [-0.39, 0.29) is 18.7 Å². The second kappa shape index (κ2) is 6.69. The van der Waals surface area contributed by atoms with Crippen molar-refractivity contribution >= 4 is 16.7 Å². The number of fused-ring (bicyclic) bond motifs is 1. The number of H-pyrrole nitrogens is 1. The average molecular weight is 361 g/mol. The van der Waals surface area contributed by atoms with Crippen LogP contribution < -0.4 is 11.3 Å². The van der Waals surface area contributed by atoms with Gasteiger partial charge in [0.2, 0.25) is 0 Å². The number of benzene rings is 2. The first-order valence-corrected chi connectivity index (χ1v) is 8.62. The van der Waals surface area contributed by atoms with E-state index in [1.54, 1.807) is 18.2 Å². The van der Waals surface area contributed by atoms with Gasteiger partial charge in [0.15, 0.2) is 0 Å². The molecule has 0 aliphatic rings. The smallest absolute Gasteiger partial charge is 0.259 e. The van der Waals surface area contributed by atoms with Crippen molar-refractivity contribution in [2.24, 2.45) is 0 Å². The van der Waals surface area contributed by atoms with E-state index in [9.17, 15) is 9.90 Å². The number of aliphatic hydroxyl groups is 1. The second-order valence-electron chi connectivity index (χ2n) is 6.30. The zero-order valence-electron chi connectivity index (χ0n) is 14.8. The highest BCUT2D eigenvalue weighted by Gasteiger charge is 2.22. The molecule has 0 aliphatic carbocycles. The number of hydrogen-bond donors (Lipinski definition) is 3. The highest BCUT2D eigenvalue weighted by atomic mass is 16.3. The summed E-state index contributed by atoms with van der Waals surface area (Å²) in [5.41, 5.74) is 9.78. The number of rotatable bonds is 4. The van der Waals surface area contributed by atoms with Gasteiger partial charge < -0.3 is 15.8 Å². The molecule has 0 saturated heterocycles. The number of nitrogens with two attached hydrogens (primary N) is 1. The van der Waals surface area contributed by atoms with Gasteiger partial charge in [-0.1, -0.05) is 36.4 Å². The molecule has 0 atom stereocenters. The van der Waals surface area contributed by atoms with Crippen LogP contribution in [0, 0.1) is 6.92 Å². The fourth-order valence-corrected chi connectivity index (χ4v) is 3.21. The number of aliphatic hydroxyl groups excluding tert-OH is 1. The summed E-state index contributed by atoms with van der Waals surface area (Å²) in [6, 6.07) is 14.9. The molecule has 7 nitrogen and oxygen atoms in total. The lowest BCUT2D eigenvalue weighted by Crippen LogP contribution is -2.11. The number of aromatic amines is 1. The van der Waals surface area contributed by atoms with E-state index in [1.165, 1.54) is 4.68 Å². The molecule has 136 valence electrons. The Morgan fingerprint density at radius 1 is 1.15 bits per heavy atom. The summed E-state index contributed by atoms with van der Waals surface area (Å²) >= 11 is 0. The van der Waals surface area contributed by atoms with Gasteiger partial charge >= 0.3 is 0 Å². The van der Waals surface area contributed by atoms with E-state index in [2.05, 4.69) is 15.1 Å². The van der Waals surface area contributed by atoms with Gasteiger partial charge in [-0.3, -0.25) is 4.79 Å². The standard InChI is InChI=1S/C20H19N5O2/c1-12-6-2-3-7-13(12)17-16(18(21)25(24-17)10-11-26)19-22-15-9-5-4-8-14(15)20(27)23-19/h2-9,26H,10-11,21H2,1H3,(H,22,23,27). The number of nitrogens with one attached hydrogen (secondary N) is 1. The van der Waals surface area contributed by atoms with Crippen molar-refractivity contribution in [3.63, 3.8) is 0 Å². The number of hydrogen-bond acceptors (Lipinski definition) is 5. The zero-order chi connectivity index (χ0) is 19.0. The average Bonchev–Trinajstić information content (AvgIpc) is 2.99. The maximum atomic E-state index is 12.5. The lowest BCUT2D eigenvalue weighted by Gasteiger charge is -2.07. The monoisotopic (exact) mass is 361 g/mol. The van der Waals surface area contributed by atoms with Crippen LogP contribution >= 0.6 is 0 Å². The summed E-state index contributed by atoms with van der Waals surface area (Å²) in [6.07, 6.45) is 0. The number of anilines is 1. The van der Waals surface area contributed by atoms with Crippen LogP contribution in [0.3, 0.4) is 0 Å². The quantitative estimate of drug-likeness (QED) is 0.517. The minimum absolute atomic E-state index is 0.0970. The molecule has 0 saturated carbocycles. The molecule has 2 aromatic carbocycles. The van der Waals surface area contributed by atoms with Gasteiger partial charge in [0.05, 0.1) is 29.6 Å². The van der Waals surface area contributed by atoms with Crippen molar-refractivity contribution in [3.05, 3.63) is 64.4 Å². The fourth-order valence-electron chi connectivity index (χ4n) is 3.21. The van der Waals surface area contributed by atoms with Crippen LogP contribution in [-0.4, -0.2) is 31.5 Å². The molecule has 7 heteroatoms. The molecule has 4 aromatic rings. The van der Waals surface area contributed by atoms with Crippen molar-refractivity contribution in [2.45, 2.75) is 13.5 Å². The number of nitrogen functional groups attached to an aromatic ring is 1. The van der Waals surface area contributed by atoms with Crippen LogP contribution in [-0.2, 0) is 6.54 Å². The van der Waals surface area contributed by atoms with Gasteiger partial charge in [0.1, 0.15) is 17.3 Å². The first-order valence-electron chi connectivity index (χ1n) is 8.62. The molecule has 0 amide bonds. The minimum Gasteiger partial charge on any atom is -0.394 e. The lowest BCUT2D eigenvalue weighted by atomic mass is 10.0. The van der Waals surface area contributed by atoms with Crippen LogP contribution in [0.15, 0.2) is 53.3 Å². The topological polar surface area (TPSA) is 110 Å². The SMILES string of the molecule is Cc1ccccc1-c1nn(CCO)c(N)c1-c1nc2ccccc2c(=O)[nH]1. The predicted molar refractivity (Wildman–Crippen MR) is 105 cm³/mol. The molecular formula is C20H19N5O2. The molecule has 0 spiro atoms. The molecule has 27 heavy (non-hydrogen) atoms. The summed E-state index contributed by atoms with van der Waals surface area (Å²) < 4.78 is 1.53. The van der Waals surface area contributed by atoms with E-state index >= 15 is 0 Å². The fraction of sp³-hybridized carbons (Fsp3) is 0.150. The van der Waals surface area contributed by atoms with Gasteiger partial charge in [-0.25, -0.2) is 9.67 Å². The van der Waals surface area contributed by atoms with Gasteiger partial charge in [-0.15, -0.1) is 0 Å². The van der Waals surface area contributed by atoms with Crippen molar-refractivity contribution < 1.29 is 5.11 Å². The number of nitrogens with zero attached hydrogens (tertiary/aromatic N) is 3. The van der Waals surface area contributed by atoms with Crippen molar-refractivity contribution in [1.29, 1.82) is 0 Å². The Hall–Kier alpha value is -3.45. The number of para-hydroxylation sites is 1. The lowest BCUT2D eigenvalue weighted by molar-refractivity contribution is 0.270. The Labute approximate surface area is 155 Å². The Bertz CT molecular complexity index is 1190. The Balaban J connectivity index is 2.03. The van der Waals surface area contributed by atoms with E-state index < -0.39 is 0 Å². The van der Waals surface area contributed by atoms with E-state index in [0.717, 1.165) is 11.1 Å². The molecule has 0 bridgehead atoms. The van der Waals surface area contributed by atoms with E-state index in [4.69, 9.17) is 5.73 Å². The van der Waals surface area contributed by atoms with Gasteiger partial charge in [0.25, 0.3) is 5.56 Å². The molecule has 0 fully saturated rings. The second-order valence-corrected chi connectivity index (χ2v) is 6.30. The van der Waals surface area contributed by atoms with Gasteiger partial charge in [-0.2, -0.15) is 5.10 Å². The molecule has 4 N–H and O–H groups in total. The molecule has 2 aromatic heterocycles. The highest BCUT2D eigenvalue weighted by Crippen LogP contribution is 2.35. The van der Waals surface area contributed by atoms with E-state index in [0.29, 0.717) is 33.8 Å². The number of aryl methyl sites for hydroxylation is 1. The van der Waals surface area contributed by atoms with Crippen LogP contribution in [0.1, 0.15) is 5.56 Å². The van der Waals surface area contributed by atoms with Crippen LogP contribution in [0.4, 0.5) is 5.82 Å². The molecule has 0 unspecified atom stereocenters. The van der Waals surface area contributed by atoms with Crippen molar-refractivity contribution in [1.82, 2.24) is 19.7 Å². The largest absolute Gasteiger partial charge is 0.394 e. The Kier molecular flexibility index (Phi) is 4.21. The van der Waals surface area contributed by atoms with Crippen LogP contribution in [0.5, 0.6) is 0 Å². The normalized spacial score (nSPS) is 11.2. The first kappa shape index (κ1) is 17.0. The summed E-state index contributed by atoms with van der Waals surface area (Å²) in [5.74, 6) is 0.708. The van der Waals surface area contributed by atoms with Crippen LogP contribution in [0.2, 0.25) is 0 Å². The minimum atomic E-state index is -0.236. The molecule has 0 radical (unpaired) electrons. The Morgan fingerprint density at radius 2 is 1.89 bits per heavy atom. The third-order valence-corrected chi connectivity index (χ3v) is 4.55. The summed E-state index contributed by atoms with van der Waals surface area (Å²) in [4.78, 5) is 20.0. The molecular weight excluding hydrogens is 342 g/mol. The maximum absolute atomic E-state index is 12.5. The zero-order valence-corrected chi connectivity index (χ0v) is 14.8. The third-order valence-electron chi connectivity index (χ3n) is 4.55.